The molecule has 0 unspecified atom stereocenters. The summed E-state index contributed by atoms with van der Waals surface area (Å²) >= 11 is 1.76. The SMILES string of the molecule is N#CCc1cc(I)c(C(F)F)c(N)n1. The zero-order valence-corrected chi connectivity index (χ0v) is 9.12. The molecule has 0 amide bonds. The number of aromatic nitrogens is 1. The number of alkyl halides is 2. The lowest BCUT2D eigenvalue weighted by molar-refractivity contribution is 0.151. The summed E-state index contributed by atoms with van der Waals surface area (Å²) in [5.41, 5.74) is 5.51. The summed E-state index contributed by atoms with van der Waals surface area (Å²) in [6.07, 6.45) is -2.56. The second-order valence-corrected chi connectivity index (χ2v) is 3.69. The molecule has 0 aliphatic rings. The van der Waals surface area contributed by atoms with Crippen molar-refractivity contribution in [2.45, 2.75) is 12.8 Å². The molecular formula is C8H6F2IN3. The quantitative estimate of drug-likeness (QED) is 0.853. The first kappa shape index (κ1) is 11.1. The van der Waals surface area contributed by atoms with Crippen LogP contribution in [0.2, 0.25) is 0 Å². The van der Waals surface area contributed by atoms with Gasteiger partial charge >= 0.3 is 0 Å². The highest BCUT2D eigenvalue weighted by molar-refractivity contribution is 14.1. The minimum absolute atomic E-state index is 0.0731. The number of nitrogens with two attached hydrogens (primary N) is 1. The number of hydrogen-bond acceptors (Lipinski definition) is 3. The van der Waals surface area contributed by atoms with Crippen molar-refractivity contribution in [1.29, 1.82) is 5.26 Å². The second kappa shape index (κ2) is 4.50. The van der Waals surface area contributed by atoms with Crippen molar-refractivity contribution in [3.05, 3.63) is 20.9 Å². The van der Waals surface area contributed by atoms with Crippen LogP contribution in [0, 0.1) is 14.9 Å². The molecule has 2 N–H and O–H groups in total. The van der Waals surface area contributed by atoms with Crippen molar-refractivity contribution in [2.24, 2.45) is 0 Å². The topological polar surface area (TPSA) is 62.7 Å². The minimum atomic E-state index is -2.63. The smallest absolute Gasteiger partial charge is 0.268 e. The van der Waals surface area contributed by atoms with Crippen molar-refractivity contribution >= 4 is 28.4 Å². The Morgan fingerprint density at radius 3 is 2.71 bits per heavy atom. The standard InChI is InChI=1S/C8H6F2IN3/c9-7(10)6-5(11)3-4(1-2-12)14-8(6)13/h3,7H,1H2,(H2,13,14). The van der Waals surface area contributed by atoms with E-state index in [9.17, 15) is 8.78 Å². The molecule has 0 aliphatic heterocycles. The Morgan fingerprint density at radius 2 is 2.29 bits per heavy atom. The molecule has 0 bridgehead atoms. The maximum atomic E-state index is 12.4. The molecule has 0 atom stereocenters. The number of pyridine rings is 1. The lowest BCUT2D eigenvalue weighted by atomic mass is 10.2. The van der Waals surface area contributed by atoms with Crippen molar-refractivity contribution in [1.82, 2.24) is 4.98 Å². The van der Waals surface area contributed by atoms with Gasteiger partial charge in [-0.1, -0.05) is 0 Å². The lowest BCUT2D eigenvalue weighted by Gasteiger charge is -2.07. The van der Waals surface area contributed by atoms with E-state index in [1.54, 1.807) is 22.6 Å². The third-order valence-electron chi connectivity index (χ3n) is 1.57. The Balaban J connectivity index is 3.19. The van der Waals surface area contributed by atoms with Crippen LogP contribution in [-0.4, -0.2) is 4.98 Å². The fourth-order valence-corrected chi connectivity index (χ4v) is 1.85. The van der Waals surface area contributed by atoms with Gasteiger partial charge in [0.2, 0.25) is 0 Å². The molecule has 0 spiro atoms. The molecule has 0 saturated heterocycles. The van der Waals surface area contributed by atoms with Crippen LogP contribution in [-0.2, 0) is 6.42 Å². The van der Waals surface area contributed by atoms with E-state index in [-0.39, 0.29) is 17.8 Å². The van der Waals surface area contributed by atoms with Gasteiger partial charge in [0.25, 0.3) is 6.43 Å². The third-order valence-corrected chi connectivity index (χ3v) is 2.46. The number of halogens is 3. The molecule has 1 aromatic rings. The Morgan fingerprint density at radius 1 is 1.64 bits per heavy atom. The van der Waals surface area contributed by atoms with E-state index in [0.29, 0.717) is 9.26 Å². The average Bonchev–Trinajstić information content (AvgIpc) is 2.01. The number of rotatable bonds is 2. The first-order valence-corrected chi connectivity index (χ1v) is 4.74. The second-order valence-electron chi connectivity index (χ2n) is 2.53. The Kier molecular flexibility index (Phi) is 3.57. The fraction of sp³-hybridized carbons (Fsp3) is 0.250. The fourth-order valence-electron chi connectivity index (χ4n) is 0.981. The first-order chi connectivity index (χ1) is 6.56. The van der Waals surface area contributed by atoms with E-state index in [1.807, 2.05) is 6.07 Å². The number of nitrogen functional groups attached to an aromatic ring is 1. The first-order valence-electron chi connectivity index (χ1n) is 3.66. The highest BCUT2D eigenvalue weighted by Gasteiger charge is 2.17. The highest BCUT2D eigenvalue weighted by atomic mass is 127. The van der Waals surface area contributed by atoms with Gasteiger partial charge in [0.05, 0.1) is 23.7 Å². The number of hydrogen-bond donors (Lipinski definition) is 1. The van der Waals surface area contributed by atoms with Crippen molar-refractivity contribution < 1.29 is 8.78 Å². The van der Waals surface area contributed by atoms with Gasteiger partial charge in [-0.15, -0.1) is 0 Å². The number of nitriles is 1. The summed E-state index contributed by atoms with van der Waals surface area (Å²) in [5.74, 6) is -0.197. The van der Waals surface area contributed by atoms with E-state index in [4.69, 9.17) is 11.0 Å². The van der Waals surface area contributed by atoms with E-state index >= 15 is 0 Å². The van der Waals surface area contributed by atoms with Crippen LogP contribution in [0.15, 0.2) is 6.07 Å². The van der Waals surface area contributed by atoms with E-state index in [0.717, 1.165) is 0 Å². The van der Waals surface area contributed by atoms with Crippen molar-refractivity contribution in [2.75, 3.05) is 5.73 Å². The van der Waals surface area contributed by atoms with Crippen LogP contribution >= 0.6 is 22.6 Å². The molecular weight excluding hydrogens is 303 g/mol. The molecule has 0 aliphatic carbocycles. The molecule has 0 radical (unpaired) electrons. The molecule has 0 fully saturated rings. The van der Waals surface area contributed by atoms with Gasteiger partial charge < -0.3 is 5.73 Å². The maximum Gasteiger partial charge on any atom is 0.268 e. The molecule has 0 aromatic carbocycles. The molecule has 14 heavy (non-hydrogen) atoms. The van der Waals surface area contributed by atoms with Crippen LogP contribution in [0.4, 0.5) is 14.6 Å². The van der Waals surface area contributed by atoms with Crippen LogP contribution < -0.4 is 5.73 Å². The predicted molar refractivity (Wildman–Crippen MR) is 55.6 cm³/mol. The molecule has 1 rings (SSSR count). The summed E-state index contributed by atoms with van der Waals surface area (Å²) in [5, 5.41) is 8.40. The zero-order valence-electron chi connectivity index (χ0n) is 6.97. The van der Waals surface area contributed by atoms with Gasteiger partial charge in [-0.2, -0.15) is 5.26 Å². The Bertz CT molecular complexity index is 364. The summed E-state index contributed by atoms with van der Waals surface area (Å²) < 4.78 is 25.2. The van der Waals surface area contributed by atoms with Gasteiger partial charge in [-0.05, 0) is 28.7 Å². The molecule has 6 heteroatoms. The molecule has 1 aromatic heterocycles. The van der Waals surface area contributed by atoms with Crippen LogP contribution in [0.25, 0.3) is 0 Å². The molecule has 74 valence electrons. The van der Waals surface area contributed by atoms with E-state index < -0.39 is 6.43 Å². The van der Waals surface area contributed by atoms with Crippen LogP contribution in [0.1, 0.15) is 17.7 Å². The zero-order chi connectivity index (χ0) is 10.7. The van der Waals surface area contributed by atoms with Gasteiger partial charge in [-0.25, -0.2) is 13.8 Å². The number of nitrogens with zero attached hydrogens (tertiary/aromatic N) is 2. The van der Waals surface area contributed by atoms with Gasteiger partial charge in [0.15, 0.2) is 0 Å². The van der Waals surface area contributed by atoms with Crippen LogP contribution in [0.3, 0.4) is 0 Å². The van der Waals surface area contributed by atoms with E-state index in [2.05, 4.69) is 4.98 Å². The minimum Gasteiger partial charge on any atom is -0.383 e. The van der Waals surface area contributed by atoms with Gasteiger partial charge in [-0.3, -0.25) is 0 Å². The molecule has 0 saturated carbocycles. The summed E-state index contributed by atoms with van der Waals surface area (Å²) in [7, 11) is 0. The Hall–Kier alpha value is -0.970. The average molecular weight is 309 g/mol. The summed E-state index contributed by atoms with van der Waals surface area (Å²) in [6, 6.07) is 3.32. The predicted octanol–water partition coefficient (Wildman–Crippen LogP) is 2.27. The Labute approximate surface area is 93.1 Å². The number of anilines is 1. The van der Waals surface area contributed by atoms with Crippen LogP contribution in [0.5, 0.6) is 0 Å². The largest absolute Gasteiger partial charge is 0.383 e. The van der Waals surface area contributed by atoms with Crippen molar-refractivity contribution in [3.63, 3.8) is 0 Å². The summed E-state index contributed by atoms with van der Waals surface area (Å²) in [6.45, 7) is 0. The van der Waals surface area contributed by atoms with Gasteiger partial charge in [0.1, 0.15) is 5.82 Å². The molecule has 1 heterocycles. The van der Waals surface area contributed by atoms with Crippen molar-refractivity contribution in [3.8, 4) is 6.07 Å². The monoisotopic (exact) mass is 309 g/mol. The third kappa shape index (κ3) is 2.29. The maximum absolute atomic E-state index is 12.4. The normalized spacial score (nSPS) is 10.2. The van der Waals surface area contributed by atoms with E-state index in [1.165, 1.54) is 6.07 Å². The highest BCUT2D eigenvalue weighted by Crippen LogP contribution is 2.29. The van der Waals surface area contributed by atoms with Gasteiger partial charge in [0, 0.05) is 3.57 Å². The molecule has 3 nitrogen and oxygen atoms in total. The lowest BCUT2D eigenvalue weighted by Crippen LogP contribution is -2.04. The summed E-state index contributed by atoms with van der Waals surface area (Å²) in [4.78, 5) is 3.72.